The number of nitrogens with zero attached hydrogens (tertiary/aromatic N) is 1. The number of hydrogen-bond acceptors (Lipinski definition) is 3. The molecule has 0 spiro atoms. The van der Waals surface area contributed by atoms with E-state index in [4.69, 9.17) is 17.3 Å². The topological polar surface area (TPSA) is 38.9 Å². The van der Waals surface area contributed by atoms with Crippen LogP contribution in [0.4, 0.5) is 0 Å². The average molecular weight is 225 g/mol. The molecule has 1 heterocycles. The van der Waals surface area contributed by atoms with Crippen molar-refractivity contribution in [2.45, 2.75) is 6.54 Å². The molecule has 0 unspecified atom stereocenters. The summed E-state index contributed by atoms with van der Waals surface area (Å²) < 4.78 is 0. The molecule has 0 aliphatic carbocycles. The smallest absolute Gasteiger partial charge is 0.145 e. The van der Waals surface area contributed by atoms with E-state index >= 15 is 0 Å². The molecule has 1 aromatic heterocycles. The van der Waals surface area contributed by atoms with Crippen LogP contribution in [0.1, 0.15) is 4.88 Å². The first-order valence-electron chi connectivity index (χ1n) is 4.22. The highest BCUT2D eigenvalue weighted by Gasteiger charge is 2.08. The zero-order valence-electron chi connectivity index (χ0n) is 7.40. The summed E-state index contributed by atoms with van der Waals surface area (Å²) in [5, 5.41) is 1.45. The quantitative estimate of drug-likeness (QED) is 0.852. The SMILES string of the molecule is NCc1sc(-c2ccccc2)nc1Cl. The van der Waals surface area contributed by atoms with E-state index in [0.717, 1.165) is 15.4 Å². The maximum Gasteiger partial charge on any atom is 0.145 e. The van der Waals surface area contributed by atoms with Gasteiger partial charge in [0.2, 0.25) is 0 Å². The molecule has 1 aromatic carbocycles. The van der Waals surface area contributed by atoms with Crippen molar-refractivity contribution >= 4 is 22.9 Å². The Labute approximate surface area is 91.4 Å². The molecule has 2 aromatic rings. The van der Waals surface area contributed by atoms with E-state index in [2.05, 4.69) is 4.98 Å². The van der Waals surface area contributed by atoms with Crippen molar-refractivity contribution in [3.8, 4) is 10.6 Å². The van der Waals surface area contributed by atoms with E-state index in [1.165, 1.54) is 0 Å². The van der Waals surface area contributed by atoms with Crippen LogP contribution in [0.3, 0.4) is 0 Å². The summed E-state index contributed by atoms with van der Waals surface area (Å²) in [5.74, 6) is 0. The van der Waals surface area contributed by atoms with E-state index in [9.17, 15) is 0 Å². The minimum atomic E-state index is 0.448. The number of thiazole rings is 1. The van der Waals surface area contributed by atoms with Crippen molar-refractivity contribution < 1.29 is 0 Å². The highest BCUT2D eigenvalue weighted by Crippen LogP contribution is 2.30. The molecule has 2 nitrogen and oxygen atoms in total. The summed E-state index contributed by atoms with van der Waals surface area (Å²) in [7, 11) is 0. The Morgan fingerprint density at radius 3 is 2.57 bits per heavy atom. The predicted octanol–water partition coefficient (Wildman–Crippen LogP) is 2.92. The molecule has 0 atom stereocenters. The first-order valence-corrected chi connectivity index (χ1v) is 5.41. The minimum absolute atomic E-state index is 0.448. The number of aromatic nitrogens is 1. The molecule has 72 valence electrons. The summed E-state index contributed by atoms with van der Waals surface area (Å²) in [6, 6.07) is 9.95. The molecule has 2 N–H and O–H groups in total. The second-order valence-corrected chi connectivity index (χ2v) is 4.24. The predicted molar refractivity (Wildman–Crippen MR) is 60.5 cm³/mol. The maximum atomic E-state index is 5.91. The van der Waals surface area contributed by atoms with Crippen LogP contribution in [-0.2, 0) is 6.54 Å². The molecule has 0 aliphatic rings. The van der Waals surface area contributed by atoms with Gasteiger partial charge in [0.1, 0.15) is 10.2 Å². The van der Waals surface area contributed by atoms with Gasteiger partial charge in [-0.2, -0.15) is 0 Å². The highest BCUT2D eigenvalue weighted by atomic mass is 35.5. The van der Waals surface area contributed by atoms with Crippen molar-refractivity contribution in [2.24, 2.45) is 5.73 Å². The van der Waals surface area contributed by atoms with E-state index in [-0.39, 0.29) is 0 Å². The van der Waals surface area contributed by atoms with E-state index in [1.807, 2.05) is 30.3 Å². The van der Waals surface area contributed by atoms with Crippen molar-refractivity contribution in [1.82, 2.24) is 4.98 Å². The second kappa shape index (κ2) is 4.09. The summed E-state index contributed by atoms with van der Waals surface area (Å²) in [6.07, 6.45) is 0. The lowest BCUT2D eigenvalue weighted by Gasteiger charge is -1.92. The molecular weight excluding hydrogens is 216 g/mol. The minimum Gasteiger partial charge on any atom is -0.326 e. The molecule has 0 aliphatic heterocycles. The van der Waals surface area contributed by atoms with Gasteiger partial charge < -0.3 is 5.73 Å². The van der Waals surface area contributed by atoms with Gasteiger partial charge >= 0.3 is 0 Å². The first-order chi connectivity index (χ1) is 6.81. The van der Waals surface area contributed by atoms with Gasteiger partial charge in [0.25, 0.3) is 0 Å². The Hall–Kier alpha value is -0.900. The molecule has 0 amide bonds. The number of rotatable bonds is 2. The van der Waals surface area contributed by atoms with Gasteiger partial charge in [-0.05, 0) is 0 Å². The van der Waals surface area contributed by atoms with Crippen LogP contribution in [0.5, 0.6) is 0 Å². The third kappa shape index (κ3) is 1.80. The Kier molecular flexibility index (Phi) is 2.82. The van der Waals surface area contributed by atoms with Crippen LogP contribution in [0.2, 0.25) is 5.15 Å². The summed E-state index contributed by atoms with van der Waals surface area (Å²) >= 11 is 7.46. The molecular formula is C10H9ClN2S. The van der Waals surface area contributed by atoms with E-state index in [0.29, 0.717) is 11.7 Å². The zero-order chi connectivity index (χ0) is 9.97. The Balaban J connectivity index is 2.43. The van der Waals surface area contributed by atoms with Crippen LogP contribution in [0, 0.1) is 0 Å². The maximum absolute atomic E-state index is 5.91. The summed E-state index contributed by atoms with van der Waals surface area (Å²) in [4.78, 5) is 5.19. The molecule has 2 rings (SSSR count). The number of hydrogen-bond donors (Lipinski definition) is 1. The Bertz CT molecular complexity index is 425. The fourth-order valence-corrected chi connectivity index (χ4v) is 2.33. The van der Waals surface area contributed by atoms with Crippen molar-refractivity contribution in [3.63, 3.8) is 0 Å². The fourth-order valence-electron chi connectivity index (χ4n) is 1.16. The number of nitrogens with two attached hydrogens (primary N) is 1. The van der Waals surface area contributed by atoms with Crippen LogP contribution >= 0.6 is 22.9 Å². The Morgan fingerprint density at radius 1 is 1.29 bits per heavy atom. The van der Waals surface area contributed by atoms with Crippen molar-refractivity contribution in [2.75, 3.05) is 0 Å². The number of benzene rings is 1. The standard InChI is InChI=1S/C10H9ClN2S/c11-9-8(6-12)14-10(13-9)7-4-2-1-3-5-7/h1-5H,6,12H2. The van der Waals surface area contributed by atoms with Gasteiger partial charge in [-0.25, -0.2) is 4.98 Å². The van der Waals surface area contributed by atoms with Crippen molar-refractivity contribution in [3.05, 3.63) is 40.4 Å². The molecule has 0 radical (unpaired) electrons. The van der Waals surface area contributed by atoms with E-state index in [1.54, 1.807) is 11.3 Å². The third-order valence-electron chi connectivity index (χ3n) is 1.86. The normalized spacial score (nSPS) is 10.4. The van der Waals surface area contributed by atoms with E-state index < -0.39 is 0 Å². The third-order valence-corrected chi connectivity index (χ3v) is 3.41. The van der Waals surface area contributed by atoms with Crippen LogP contribution < -0.4 is 5.73 Å². The molecule has 14 heavy (non-hydrogen) atoms. The lowest BCUT2D eigenvalue weighted by molar-refractivity contribution is 1.10. The lowest BCUT2D eigenvalue weighted by Crippen LogP contribution is -1.92. The van der Waals surface area contributed by atoms with Crippen LogP contribution in [-0.4, -0.2) is 4.98 Å². The fraction of sp³-hybridized carbons (Fsp3) is 0.100. The van der Waals surface area contributed by atoms with Crippen LogP contribution in [0.15, 0.2) is 30.3 Å². The second-order valence-electron chi connectivity index (χ2n) is 2.80. The lowest BCUT2D eigenvalue weighted by atomic mass is 10.2. The molecule has 0 saturated heterocycles. The van der Waals surface area contributed by atoms with Gasteiger partial charge in [-0.1, -0.05) is 41.9 Å². The van der Waals surface area contributed by atoms with Gasteiger partial charge in [-0.15, -0.1) is 11.3 Å². The summed E-state index contributed by atoms with van der Waals surface area (Å²) in [5.41, 5.74) is 6.61. The molecule has 4 heteroatoms. The molecule has 0 bridgehead atoms. The zero-order valence-corrected chi connectivity index (χ0v) is 8.98. The largest absolute Gasteiger partial charge is 0.326 e. The van der Waals surface area contributed by atoms with Gasteiger partial charge in [-0.3, -0.25) is 0 Å². The molecule has 0 fully saturated rings. The van der Waals surface area contributed by atoms with Gasteiger partial charge in [0.15, 0.2) is 0 Å². The Morgan fingerprint density at radius 2 is 2.00 bits per heavy atom. The molecule has 0 saturated carbocycles. The van der Waals surface area contributed by atoms with Gasteiger partial charge in [0.05, 0.1) is 4.88 Å². The van der Waals surface area contributed by atoms with Crippen molar-refractivity contribution in [1.29, 1.82) is 0 Å². The number of halogens is 1. The highest BCUT2D eigenvalue weighted by molar-refractivity contribution is 7.15. The first kappa shape index (κ1) is 9.65. The van der Waals surface area contributed by atoms with Gasteiger partial charge in [0, 0.05) is 12.1 Å². The average Bonchev–Trinajstić information content (AvgIpc) is 2.61. The summed E-state index contributed by atoms with van der Waals surface area (Å²) in [6.45, 7) is 0.448. The monoisotopic (exact) mass is 224 g/mol. The van der Waals surface area contributed by atoms with Crippen LogP contribution in [0.25, 0.3) is 10.6 Å².